The Labute approximate surface area is 183 Å². The molecule has 0 bridgehead atoms. The van der Waals surface area contributed by atoms with Crippen molar-refractivity contribution in [1.29, 1.82) is 0 Å². The van der Waals surface area contributed by atoms with Crippen LogP contribution in [0.25, 0.3) is 5.95 Å². The largest absolute Gasteiger partial charge is 0.489 e. The second-order valence-electron chi connectivity index (χ2n) is 7.56. The molecule has 0 saturated heterocycles. The number of amides is 1. The van der Waals surface area contributed by atoms with E-state index in [2.05, 4.69) is 20.4 Å². The molecule has 0 radical (unpaired) electrons. The minimum Gasteiger partial charge on any atom is -0.489 e. The summed E-state index contributed by atoms with van der Waals surface area (Å²) in [7, 11) is 0. The number of halogens is 1. The summed E-state index contributed by atoms with van der Waals surface area (Å²) in [5.41, 5.74) is 3.21. The third kappa shape index (κ3) is 3.71. The fourth-order valence-corrected chi connectivity index (χ4v) is 3.95. The molecule has 160 valence electrons. The molecule has 0 aliphatic carbocycles. The van der Waals surface area contributed by atoms with E-state index in [1.54, 1.807) is 41.3 Å². The summed E-state index contributed by atoms with van der Waals surface area (Å²) < 4.78 is 21.1. The van der Waals surface area contributed by atoms with Crippen LogP contribution in [0.2, 0.25) is 0 Å². The van der Waals surface area contributed by atoms with Gasteiger partial charge in [0.25, 0.3) is 5.95 Å². The zero-order valence-electron chi connectivity index (χ0n) is 17.3. The van der Waals surface area contributed by atoms with Crippen molar-refractivity contribution in [3.8, 4) is 11.7 Å². The third-order valence-corrected chi connectivity index (χ3v) is 5.48. The fraction of sp³-hybridized carbons (Fsp3) is 0.167. The van der Waals surface area contributed by atoms with Gasteiger partial charge in [-0.3, -0.25) is 4.79 Å². The van der Waals surface area contributed by atoms with Crippen molar-refractivity contribution in [2.24, 2.45) is 0 Å². The number of anilines is 1. The number of aromatic nitrogens is 4. The Hall–Kier alpha value is -4.07. The molecular weight excluding hydrogens is 409 g/mol. The smallest absolute Gasteiger partial charge is 0.252 e. The summed E-state index contributed by atoms with van der Waals surface area (Å²) in [5, 5.41) is 7.50. The Morgan fingerprint density at radius 2 is 1.84 bits per heavy atom. The van der Waals surface area contributed by atoms with Crippen LogP contribution in [0.15, 0.2) is 67.0 Å². The number of hydrogen-bond acceptors (Lipinski definition) is 5. The van der Waals surface area contributed by atoms with Gasteiger partial charge in [-0.15, -0.1) is 0 Å². The number of carbonyl (C=O) groups is 1. The molecule has 0 saturated carbocycles. The molecule has 0 spiro atoms. The average molecular weight is 429 g/mol. The zero-order chi connectivity index (χ0) is 22.1. The van der Waals surface area contributed by atoms with Crippen molar-refractivity contribution in [3.05, 3.63) is 95.2 Å². The number of fused-ring (bicyclic) bond motifs is 1. The fourth-order valence-electron chi connectivity index (χ4n) is 3.95. The molecule has 32 heavy (non-hydrogen) atoms. The van der Waals surface area contributed by atoms with Crippen LogP contribution in [0.4, 0.5) is 10.2 Å². The van der Waals surface area contributed by atoms with Gasteiger partial charge in [-0.25, -0.2) is 14.4 Å². The molecular formula is C24H20FN5O2. The van der Waals surface area contributed by atoms with Crippen LogP contribution in [-0.4, -0.2) is 25.7 Å². The van der Waals surface area contributed by atoms with Crippen LogP contribution in [0.5, 0.6) is 5.75 Å². The predicted octanol–water partition coefficient (Wildman–Crippen LogP) is 4.16. The minimum atomic E-state index is -0.292. The number of nitrogens with one attached hydrogen (secondary N) is 1. The normalized spacial score (nSPS) is 15.2. The Morgan fingerprint density at radius 1 is 1.09 bits per heavy atom. The molecule has 7 nitrogen and oxygen atoms in total. The number of rotatable bonds is 5. The molecule has 5 rings (SSSR count). The van der Waals surface area contributed by atoms with Crippen molar-refractivity contribution >= 4 is 11.7 Å². The van der Waals surface area contributed by atoms with E-state index < -0.39 is 0 Å². The van der Waals surface area contributed by atoms with Gasteiger partial charge in [0, 0.05) is 35.9 Å². The lowest BCUT2D eigenvalue weighted by Crippen LogP contribution is -2.25. The highest BCUT2D eigenvalue weighted by atomic mass is 19.1. The van der Waals surface area contributed by atoms with E-state index in [9.17, 15) is 9.18 Å². The van der Waals surface area contributed by atoms with Gasteiger partial charge in [-0.05, 0) is 36.8 Å². The van der Waals surface area contributed by atoms with Crippen molar-refractivity contribution in [1.82, 2.24) is 19.7 Å². The van der Waals surface area contributed by atoms with E-state index in [4.69, 9.17) is 4.74 Å². The van der Waals surface area contributed by atoms with Gasteiger partial charge in [0.1, 0.15) is 24.0 Å². The van der Waals surface area contributed by atoms with E-state index in [0.717, 1.165) is 16.8 Å². The molecule has 4 aromatic rings. The van der Waals surface area contributed by atoms with Gasteiger partial charge in [0.05, 0.1) is 5.69 Å². The maximum Gasteiger partial charge on any atom is 0.252 e. The highest BCUT2D eigenvalue weighted by Gasteiger charge is 2.33. The van der Waals surface area contributed by atoms with Crippen LogP contribution < -0.4 is 10.1 Å². The number of carbonyl (C=O) groups excluding carboxylic acids is 1. The summed E-state index contributed by atoms with van der Waals surface area (Å²) in [4.78, 5) is 21.0. The van der Waals surface area contributed by atoms with Gasteiger partial charge >= 0.3 is 0 Å². The summed E-state index contributed by atoms with van der Waals surface area (Å²) >= 11 is 0. The van der Waals surface area contributed by atoms with Gasteiger partial charge < -0.3 is 10.1 Å². The van der Waals surface area contributed by atoms with Gasteiger partial charge in [-0.2, -0.15) is 9.78 Å². The minimum absolute atomic E-state index is 0.0977. The lowest BCUT2D eigenvalue weighted by Gasteiger charge is -2.24. The molecule has 1 aliphatic heterocycles. The molecule has 2 aromatic heterocycles. The van der Waals surface area contributed by atoms with Gasteiger partial charge in [-0.1, -0.05) is 30.3 Å². The predicted molar refractivity (Wildman–Crippen MR) is 116 cm³/mol. The highest BCUT2D eigenvalue weighted by Crippen LogP contribution is 2.40. The molecule has 0 unspecified atom stereocenters. The lowest BCUT2D eigenvalue weighted by molar-refractivity contribution is -0.116. The van der Waals surface area contributed by atoms with Crippen LogP contribution >= 0.6 is 0 Å². The number of aryl methyl sites for hydroxylation is 1. The van der Waals surface area contributed by atoms with E-state index in [0.29, 0.717) is 29.5 Å². The number of hydrogen-bond donors (Lipinski definition) is 1. The molecule has 3 heterocycles. The number of nitrogens with zero attached hydrogens (tertiary/aromatic N) is 4. The van der Waals surface area contributed by atoms with Crippen LogP contribution in [0.3, 0.4) is 0 Å². The molecule has 1 aliphatic rings. The first-order valence-corrected chi connectivity index (χ1v) is 10.2. The number of benzene rings is 2. The first kappa shape index (κ1) is 19.9. The Bertz CT molecular complexity index is 1270. The Balaban J connectivity index is 1.42. The SMILES string of the molecule is Cc1nn(-c2ncccn2)c2c1[C@H](c1ccc(OCc3ccccc3F)cc1)CC(=O)N2. The first-order valence-electron chi connectivity index (χ1n) is 10.2. The number of ether oxygens (including phenoxy) is 1. The molecule has 1 N–H and O–H groups in total. The van der Waals surface area contributed by atoms with Gasteiger partial charge in [0.15, 0.2) is 0 Å². The summed E-state index contributed by atoms with van der Waals surface area (Å²) in [6, 6.07) is 15.8. The van der Waals surface area contributed by atoms with Crippen LogP contribution in [0.1, 0.15) is 34.7 Å². The Kier molecular flexibility index (Phi) is 5.10. The molecule has 0 fully saturated rings. The molecule has 8 heteroatoms. The summed E-state index contributed by atoms with van der Waals surface area (Å²) in [6.45, 7) is 2.06. The molecule has 1 atom stereocenters. The van der Waals surface area contributed by atoms with E-state index >= 15 is 0 Å². The topological polar surface area (TPSA) is 81.9 Å². The Morgan fingerprint density at radius 3 is 2.59 bits per heavy atom. The maximum absolute atomic E-state index is 13.8. The second-order valence-corrected chi connectivity index (χ2v) is 7.56. The highest BCUT2D eigenvalue weighted by molar-refractivity contribution is 5.95. The second kappa shape index (κ2) is 8.22. The van der Waals surface area contributed by atoms with E-state index in [-0.39, 0.29) is 24.2 Å². The quantitative estimate of drug-likeness (QED) is 0.515. The zero-order valence-corrected chi connectivity index (χ0v) is 17.3. The van der Waals surface area contributed by atoms with E-state index in [1.807, 2.05) is 31.2 Å². The van der Waals surface area contributed by atoms with E-state index in [1.165, 1.54) is 6.07 Å². The maximum atomic E-state index is 13.8. The van der Waals surface area contributed by atoms with Crippen molar-refractivity contribution in [2.45, 2.75) is 25.9 Å². The van der Waals surface area contributed by atoms with Crippen LogP contribution in [-0.2, 0) is 11.4 Å². The summed E-state index contributed by atoms with van der Waals surface area (Å²) in [6.07, 6.45) is 3.58. The first-order chi connectivity index (χ1) is 15.6. The van der Waals surface area contributed by atoms with Crippen molar-refractivity contribution in [3.63, 3.8) is 0 Å². The van der Waals surface area contributed by atoms with Crippen molar-refractivity contribution < 1.29 is 13.9 Å². The third-order valence-electron chi connectivity index (χ3n) is 5.48. The molecule has 2 aromatic carbocycles. The monoisotopic (exact) mass is 429 g/mol. The summed E-state index contributed by atoms with van der Waals surface area (Å²) in [5.74, 6) is 1.07. The van der Waals surface area contributed by atoms with Gasteiger partial charge in [0.2, 0.25) is 5.91 Å². The average Bonchev–Trinajstić information content (AvgIpc) is 3.15. The lowest BCUT2D eigenvalue weighted by atomic mass is 9.86. The van der Waals surface area contributed by atoms with Crippen LogP contribution in [0, 0.1) is 12.7 Å². The van der Waals surface area contributed by atoms with Crippen molar-refractivity contribution in [2.75, 3.05) is 5.32 Å². The molecule has 1 amide bonds. The standard InChI is InChI=1S/C24H20FN5O2/c1-15-22-19(13-21(31)28-23(22)30(29-15)24-26-11-4-12-27-24)16-7-9-18(10-8-16)32-14-17-5-2-3-6-20(17)25/h2-12,19H,13-14H2,1H3,(H,28,31)/t19-/m0/s1.